The quantitative estimate of drug-likeness (QED) is 0.737. The summed E-state index contributed by atoms with van der Waals surface area (Å²) in [6.45, 7) is 2.35. The summed E-state index contributed by atoms with van der Waals surface area (Å²) in [6, 6.07) is 4.79. The molecule has 128 valence electrons. The van der Waals surface area contributed by atoms with Gasteiger partial charge in [0.2, 0.25) is 0 Å². The molecule has 0 aliphatic rings. The van der Waals surface area contributed by atoms with E-state index in [-0.39, 0.29) is 11.3 Å². The van der Waals surface area contributed by atoms with E-state index in [4.69, 9.17) is 0 Å². The molecule has 0 aliphatic carbocycles. The number of alkyl halides is 3. The Bertz CT molecular complexity index is 674. The van der Waals surface area contributed by atoms with Crippen molar-refractivity contribution < 1.29 is 18.0 Å². The van der Waals surface area contributed by atoms with Crippen LogP contribution < -0.4 is 4.90 Å². The smallest absolute Gasteiger partial charge is 0.308 e. The van der Waals surface area contributed by atoms with Crippen molar-refractivity contribution in [3.63, 3.8) is 0 Å². The Morgan fingerprint density at radius 2 is 1.88 bits per heavy atom. The van der Waals surface area contributed by atoms with Gasteiger partial charge < -0.3 is 4.90 Å². The van der Waals surface area contributed by atoms with E-state index in [1.54, 1.807) is 0 Å². The summed E-state index contributed by atoms with van der Waals surface area (Å²) in [4.78, 5) is 21.6. The van der Waals surface area contributed by atoms with Crippen LogP contribution in [0.1, 0.15) is 42.1 Å². The molecule has 0 aliphatic heterocycles. The van der Waals surface area contributed by atoms with Crippen LogP contribution in [0, 0.1) is 0 Å². The number of aromatic nitrogens is 2. The molecule has 0 atom stereocenters. The number of hydrogen-bond acceptors (Lipinski definition) is 3. The van der Waals surface area contributed by atoms with Gasteiger partial charge in [0.1, 0.15) is 6.33 Å². The van der Waals surface area contributed by atoms with E-state index in [0.29, 0.717) is 13.0 Å². The Morgan fingerprint density at radius 3 is 2.50 bits per heavy atom. The highest BCUT2D eigenvalue weighted by Gasteiger charge is 2.31. The number of hydrogen-bond donors (Lipinski definition) is 0. The maximum absolute atomic E-state index is 12.9. The van der Waals surface area contributed by atoms with Gasteiger partial charge in [-0.3, -0.25) is 4.79 Å². The topological polar surface area (TPSA) is 46.1 Å². The zero-order valence-corrected chi connectivity index (χ0v) is 13.3. The molecule has 1 amide bonds. The van der Waals surface area contributed by atoms with Crippen molar-refractivity contribution in [1.29, 1.82) is 0 Å². The van der Waals surface area contributed by atoms with Gasteiger partial charge in [-0.05, 0) is 24.6 Å². The van der Waals surface area contributed by atoms with Gasteiger partial charge in [0.05, 0.1) is 11.1 Å². The molecule has 0 unspecified atom stereocenters. The first-order chi connectivity index (χ1) is 11.4. The molecule has 0 saturated carbocycles. The molecule has 0 fully saturated rings. The first kappa shape index (κ1) is 17.9. The van der Waals surface area contributed by atoms with E-state index in [1.165, 1.54) is 35.8 Å². The lowest BCUT2D eigenvalue weighted by Crippen LogP contribution is -2.32. The van der Waals surface area contributed by atoms with Crippen LogP contribution in [0.5, 0.6) is 0 Å². The van der Waals surface area contributed by atoms with Crippen molar-refractivity contribution in [2.75, 3.05) is 11.4 Å². The number of anilines is 1. The zero-order chi connectivity index (χ0) is 17.6. The second-order valence-electron chi connectivity index (χ2n) is 5.34. The van der Waals surface area contributed by atoms with Crippen LogP contribution in [0.3, 0.4) is 0 Å². The van der Waals surface area contributed by atoms with E-state index in [1.807, 2.05) is 6.92 Å². The number of nitrogens with zero attached hydrogens (tertiary/aromatic N) is 3. The third-order valence-corrected chi connectivity index (χ3v) is 3.52. The van der Waals surface area contributed by atoms with Crippen molar-refractivity contribution in [2.24, 2.45) is 0 Å². The number of halogens is 3. The normalized spacial score (nSPS) is 11.3. The molecule has 24 heavy (non-hydrogen) atoms. The molecule has 4 nitrogen and oxygen atoms in total. The SMILES string of the molecule is CCCCCN(C(=O)c1cncnc1)c1cccc(C(F)(F)F)c1. The fraction of sp³-hybridized carbons (Fsp3) is 0.353. The minimum absolute atomic E-state index is 0.217. The number of carbonyl (C=O) groups excluding carboxylic acids is 1. The van der Waals surface area contributed by atoms with Crippen molar-refractivity contribution in [1.82, 2.24) is 9.97 Å². The van der Waals surface area contributed by atoms with Gasteiger partial charge in [-0.15, -0.1) is 0 Å². The lowest BCUT2D eigenvalue weighted by atomic mass is 10.1. The number of rotatable bonds is 6. The summed E-state index contributed by atoms with van der Waals surface area (Å²) in [7, 11) is 0. The second kappa shape index (κ2) is 7.90. The molecule has 0 bridgehead atoms. The second-order valence-corrected chi connectivity index (χ2v) is 5.34. The van der Waals surface area contributed by atoms with Crippen LogP contribution in [0.15, 0.2) is 43.0 Å². The summed E-state index contributed by atoms with van der Waals surface area (Å²) in [5.74, 6) is -0.411. The minimum atomic E-state index is -4.45. The average molecular weight is 337 g/mol. The minimum Gasteiger partial charge on any atom is -0.308 e. The van der Waals surface area contributed by atoms with Crippen LogP contribution in [0.4, 0.5) is 18.9 Å². The lowest BCUT2D eigenvalue weighted by Gasteiger charge is -2.23. The third kappa shape index (κ3) is 4.53. The van der Waals surface area contributed by atoms with E-state index in [9.17, 15) is 18.0 Å². The highest BCUT2D eigenvalue weighted by Crippen LogP contribution is 2.32. The van der Waals surface area contributed by atoms with Crippen LogP contribution in [0.2, 0.25) is 0 Å². The molecule has 0 N–H and O–H groups in total. The Hall–Kier alpha value is -2.44. The van der Waals surface area contributed by atoms with Gasteiger partial charge in [-0.25, -0.2) is 9.97 Å². The van der Waals surface area contributed by atoms with E-state index in [0.717, 1.165) is 25.0 Å². The first-order valence-corrected chi connectivity index (χ1v) is 7.67. The molecule has 1 heterocycles. The van der Waals surface area contributed by atoms with Crippen molar-refractivity contribution >= 4 is 11.6 Å². The predicted molar refractivity (Wildman–Crippen MR) is 84.7 cm³/mol. The molecule has 2 aromatic rings. The van der Waals surface area contributed by atoms with Gasteiger partial charge >= 0.3 is 6.18 Å². The predicted octanol–water partition coefficient (Wildman–Crippen LogP) is 4.33. The molecule has 0 spiro atoms. The van der Waals surface area contributed by atoms with Crippen LogP contribution in [-0.2, 0) is 6.18 Å². The fourth-order valence-electron chi connectivity index (χ4n) is 2.28. The lowest BCUT2D eigenvalue weighted by molar-refractivity contribution is -0.137. The molecular formula is C17H18F3N3O. The van der Waals surface area contributed by atoms with Crippen molar-refractivity contribution in [3.8, 4) is 0 Å². The monoisotopic (exact) mass is 337 g/mol. The number of benzene rings is 1. The van der Waals surface area contributed by atoms with Crippen molar-refractivity contribution in [3.05, 3.63) is 54.1 Å². The van der Waals surface area contributed by atoms with Gasteiger partial charge in [-0.2, -0.15) is 13.2 Å². The summed E-state index contributed by atoms with van der Waals surface area (Å²) < 4.78 is 38.8. The molecule has 1 aromatic carbocycles. The van der Waals surface area contributed by atoms with Crippen LogP contribution >= 0.6 is 0 Å². The van der Waals surface area contributed by atoms with E-state index in [2.05, 4.69) is 9.97 Å². The molecule has 1 aromatic heterocycles. The zero-order valence-electron chi connectivity index (χ0n) is 13.3. The van der Waals surface area contributed by atoms with E-state index < -0.39 is 17.6 Å². The highest BCUT2D eigenvalue weighted by molar-refractivity contribution is 6.05. The van der Waals surface area contributed by atoms with E-state index >= 15 is 0 Å². The largest absolute Gasteiger partial charge is 0.416 e. The summed E-state index contributed by atoms with van der Waals surface area (Å²) in [6.07, 6.45) is 2.08. The third-order valence-electron chi connectivity index (χ3n) is 3.52. The van der Waals surface area contributed by atoms with Gasteiger partial charge in [-0.1, -0.05) is 25.8 Å². The molecule has 0 saturated heterocycles. The standard InChI is InChI=1S/C17H18F3N3O/c1-2-3-4-8-23(16(24)13-10-21-12-22-11-13)15-7-5-6-14(9-15)17(18,19)20/h5-7,9-12H,2-4,8H2,1H3. The Balaban J connectivity index is 2.34. The average Bonchev–Trinajstić information content (AvgIpc) is 2.58. The Labute approximate surface area is 138 Å². The molecule has 7 heteroatoms. The van der Waals surface area contributed by atoms with Gasteiger partial charge in [0, 0.05) is 24.6 Å². The maximum atomic E-state index is 12.9. The number of carbonyl (C=O) groups is 1. The van der Waals surface area contributed by atoms with Crippen LogP contribution in [-0.4, -0.2) is 22.4 Å². The highest BCUT2D eigenvalue weighted by atomic mass is 19.4. The maximum Gasteiger partial charge on any atom is 0.416 e. The Morgan fingerprint density at radius 1 is 1.17 bits per heavy atom. The Kier molecular flexibility index (Phi) is 5.89. The first-order valence-electron chi connectivity index (χ1n) is 7.67. The molecular weight excluding hydrogens is 319 g/mol. The summed E-state index contributed by atoms with van der Waals surface area (Å²) in [5.41, 5.74) is -0.321. The summed E-state index contributed by atoms with van der Waals surface area (Å²) >= 11 is 0. The summed E-state index contributed by atoms with van der Waals surface area (Å²) in [5, 5.41) is 0. The van der Waals surface area contributed by atoms with Crippen LogP contribution in [0.25, 0.3) is 0 Å². The van der Waals surface area contributed by atoms with Crippen molar-refractivity contribution in [2.45, 2.75) is 32.4 Å². The van der Waals surface area contributed by atoms with Gasteiger partial charge in [0.25, 0.3) is 5.91 Å². The fourth-order valence-corrected chi connectivity index (χ4v) is 2.28. The van der Waals surface area contributed by atoms with Gasteiger partial charge in [0.15, 0.2) is 0 Å². The molecule has 0 radical (unpaired) electrons. The molecule has 2 rings (SSSR count). The number of unbranched alkanes of at least 4 members (excludes halogenated alkanes) is 2. The number of amides is 1.